The van der Waals surface area contributed by atoms with E-state index in [1.54, 1.807) is 7.11 Å². The number of hydrogen-bond donors (Lipinski definition) is 0. The smallest absolute Gasteiger partial charge is 0.336 e. The van der Waals surface area contributed by atoms with Crippen molar-refractivity contribution >= 4 is 22.6 Å². The number of nitrogens with zero attached hydrogens (tertiary/aromatic N) is 1. The molecule has 146 valence electrons. The Morgan fingerprint density at radius 1 is 1.21 bits per heavy atom. The van der Waals surface area contributed by atoms with Crippen LogP contribution in [0, 0.1) is 0 Å². The van der Waals surface area contributed by atoms with Crippen molar-refractivity contribution in [1.29, 1.82) is 0 Å². The van der Waals surface area contributed by atoms with Crippen molar-refractivity contribution in [2.75, 3.05) is 20.4 Å². The molecule has 0 amide bonds. The number of rotatable bonds is 5. The lowest BCUT2D eigenvalue weighted by molar-refractivity contribution is 0.0967. The Kier molecular flexibility index (Phi) is 5.29. The summed E-state index contributed by atoms with van der Waals surface area (Å²) in [5, 5.41) is 1.43. The summed E-state index contributed by atoms with van der Waals surface area (Å²) in [5.74, 6) is 1.49. The second kappa shape index (κ2) is 7.86. The Morgan fingerprint density at radius 3 is 2.82 bits per heavy atom. The van der Waals surface area contributed by atoms with E-state index in [1.165, 1.54) is 6.07 Å². The van der Waals surface area contributed by atoms with Gasteiger partial charge in [0.2, 0.25) is 0 Å². The highest BCUT2D eigenvalue weighted by Crippen LogP contribution is 2.39. The quantitative estimate of drug-likeness (QED) is 0.595. The molecule has 0 aliphatic carbocycles. The molecule has 3 aromatic rings. The maximum atomic E-state index is 12.0. The first-order chi connectivity index (χ1) is 13.6. The standard InChI is InChI=1S/C22H22ClNO4/c1-3-14-10-20(25)28-21-16(14)11-18(23)22-17(21)12-24(13-27-22)9-8-15-6-4-5-7-19(15)26-2/h4-7,10-11H,3,8-9,12-13H2,1-2H3. The number of hydrogen-bond acceptors (Lipinski definition) is 5. The summed E-state index contributed by atoms with van der Waals surface area (Å²) >= 11 is 6.47. The Labute approximate surface area is 168 Å². The van der Waals surface area contributed by atoms with E-state index in [9.17, 15) is 4.79 Å². The molecule has 0 spiro atoms. The number of benzene rings is 2. The maximum Gasteiger partial charge on any atom is 0.336 e. The second-order valence-corrected chi connectivity index (χ2v) is 7.28. The zero-order chi connectivity index (χ0) is 19.7. The fraction of sp³-hybridized carbons (Fsp3) is 0.318. The lowest BCUT2D eigenvalue weighted by Gasteiger charge is -2.30. The van der Waals surface area contributed by atoms with Crippen molar-refractivity contribution in [3.8, 4) is 11.5 Å². The molecule has 1 aliphatic rings. The average Bonchev–Trinajstić information content (AvgIpc) is 2.72. The van der Waals surface area contributed by atoms with Gasteiger partial charge in [0, 0.05) is 24.5 Å². The zero-order valence-corrected chi connectivity index (χ0v) is 16.7. The van der Waals surface area contributed by atoms with Gasteiger partial charge in [0.25, 0.3) is 0 Å². The second-order valence-electron chi connectivity index (χ2n) is 6.87. The lowest BCUT2D eigenvalue weighted by Crippen LogP contribution is -2.34. The molecule has 1 aliphatic heterocycles. The molecule has 4 rings (SSSR count). The fourth-order valence-electron chi connectivity index (χ4n) is 3.72. The van der Waals surface area contributed by atoms with Gasteiger partial charge in [-0.25, -0.2) is 4.79 Å². The van der Waals surface area contributed by atoms with Crippen LogP contribution in [0.5, 0.6) is 11.5 Å². The van der Waals surface area contributed by atoms with Crippen molar-refractivity contribution in [2.24, 2.45) is 0 Å². The van der Waals surface area contributed by atoms with Gasteiger partial charge in [-0.05, 0) is 36.1 Å². The van der Waals surface area contributed by atoms with E-state index in [0.29, 0.717) is 29.6 Å². The first-order valence-corrected chi connectivity index (χ1v) is 9.73. The molecule has 2 heterocycles. The molecule has 1 aromatic heterocycles. The molecular weight excluding hydrogens is 378 g/mol. The van der Waals surface area contributed by atoms with E-state index in [1.807, 2.05) is 31.2 Å². The van der Waals surface area contributed by atoms with Crippen molar-refractivity contribution in [2.45, 2.75) is 26.3 Å². The molecule has 0 fully saturated rings. The summed E-state index contributed by atoms with van der Waals surface area (Å²) < 4.78 is 16.9. The van der Waals surface area contributed by atoms with Crippen LogP contribution in [0.25, 0.3) is 11.0 Å². The largest absolute Gasteiger partial charge is 0.496 e. The van der Waals surface area contributed by atoms with E-state index >= 15 is 0 Å². The van der Waals surface area contributed by atoms with Crippen LogP contribution in [0.1, 0.15) is 23.6 Å². The molecule has 0 unspecified atom stereocenters. The first-order valence-electron chi connectivity index (χ1n) is 9.36. The van der Waals surface area contributed by atoms with Crippen LogP contribution in [0.15, 0.2) is 45.6 Å². The van der Waals surface area contributed by atoms with Gasteiger partial charge in [-0.3, -0.25) is 4.90 Å². The average molecular weight is 400 g/mol. The number of ether oxygens (including phenoxy) is 2. The van der Waals surface area contributed by atoms with Gasteiger partial charge >= 0.3 is 5.63 Å². The van der Waals surface area contributed by atoms with Gasteiger partial charge in [0.1, 0.15) is 23.8 Å². The van der Waals surface area contributed by atoms with Gasteiger partial charge in [-0.2, -0.15) is 0 Å². The van der Waals surface area contributed by atoms with Crippen molar-refractivity contribution in [3.05, 3.63) is 68.5 Å². The Morgan fingerprint density at radius 2 is 2.04 bits per heavy atom. The lowest BCUT2D eigenvalue weighted by atomic mass is 10.0. The molecule has 0 radical (unpaired) electrons. The maximum absolute atomic E-state index is 12.0. The summed E-state index contributed by atoms with van der Waals surface area (Å²) in [6.45, 7) is 3.84. The molecule has 0 saturated heterocycles. The van der Waals surface area contributed by atoms with Crippen LogP contribution in [-0.4, -0.2) is 25.3 Å². The summed E-state index contributed by atoms with van der Waals surface area (Å²) in [5.41, 5.74) is 3.14. The summed E-state index contributed by atoms with van der Waals surface area (Å²) in [7, 11) is 1.68. The zero-order valence-electron chi connectivity index (χ0n) is 16.0. The molecule has 6 heteroatoms. The van der Waals surface area contributed by atoms with Gasteiger partial charge in [0.15, 0.2) is 0 Å². The topological polar surface area (TPSA) is 51.9 Å². The molecule has 0 atom stereocenters. The van der Waals surface area contributed by atoms with E-state index in [2.05, 4.69) is 11.0 Å². The van der Waals surface area contributed by atoms with E-state index in [-0.39, 0.29) is 5.63 Å². The molecule has 0 N–H and O–H groups in total. The third-order valence-corrected chi connectivity index (χ3v) is 5.45. The number of halogens is 1. The molecule has 2 aromatic carbocycles. The van der Waals surface area contributed by atoms with E-state index in [0.717, 1.165) is 47.2 Å². The molecule has 5 nitrogen and oxygen atoms in total. The highest BCUT2D eigenvalue weighted by Gasteiger charge is 2.25. The van der Waals surface area contributed by atoms with Gasteiger partial charge in [0.05, 0.1) is 17.7 Å². The Bertz CT molecular complexity index is 1080. The minimum Gasteiger partial charge on any atom is -0.496 e. The van der Waals surface area contributed by atoms with E-state index < -0.39 is 0 Å². The molecule has 0 saturated carbocycles. The third-order valence-electron chi connectivity index (χ3n) is 5.17. The SMILES string of the molecule is CCc1cc(=O)oc2c3c(c(Cl)cc12)OCN(CCc1ccccc1OC)C3. The van der Waals surface area contributed by atoms with Gasteiger partial charge in [-0.15, -0.1) is 0 Å². The van der Waals surface area contributed by atoms with Crippen LogP contribution in [0.3, 0.4) is 0 Å². The molecule has 28 heavy (non-hydrogen) atoms. The number of aryl methyl sites for hydroxylation is 1. The predicted molar refractivity (Wildman–Crippen MR) is 109 cm³/mol. The summed E-state index contributed by atoms with van der Waals surface area (Å²) in [6.07, 6.45) is 1.56. The number of para-hydroxylation sites is 1. The van der Waals surface area contributed by atoms with E-state index in [4.69, 9.17) is 25.5 Å². The highest BCUT2D eigenvalue weighted by atomic mass is 35.5. The molecule has 0 bridgehead atoms. The summed E-state index contributed by atoms with van der Waals surface area (Å²) in [6, 6.07) is 11.4. The van der Waals surface area contributed by atoms with Crippen molar-refractivity contribution in [3.63, 3.8) is 0 Å². The van der Waals surface area contributed by atoms with Crippen LogP contribution < -0.4 is 15.1 Å². The van der Waals surface area contributed by atoms with Crippen LogP contribution in [0.2, 0.25) is 5.02 Å². The third kappa shape index (κ3) is 3.48. The fourth-order valence-corrected chi connectivity index (χ4v) is 4.00. The summed E-state index contributed by atoms with van der Waals surface area (Å²) in [4.78, 5) is 14.2. The monoisotopic (exact) mass is 399 g/mol. The highest BCUT2D eigenvalue weighted by molar-refractivity contribution is 6.33. The number of fused-ring (bicyclic) bond motifs is 3. The van der Waals surface area contributed by atoms with Crippen LogP contribution in [0.4, 0.5) is 0 Å². The Hall–Kier alpha value is -2.50. The van der Waals surface area contributed by atoms with Gasteiger partial charge < -0.3 is 13.9 Å². The van der Waals surface area contributed by atoms with Crippen LogP contribution >= 0.6 is 11.6 Å². The minimum atomic E-state index is -0.347. The molecular formula is C22H22ClNO4. The predicted octanol–water partition coefficient (Wildman–Crippen LogP) is 4.41. The normalized spacial score (nSPS) is 14.0. The van der Waals surface area contributed by atoms with Crippen molar-refractivity contribution < 1.29 is 13.9 Å². The Balaban J connectivity index is 1.65. The van der Waals surface area contributed by atoms with Gasteiger partial charge in [-0.1, -0.05) is 36.7 Å². The van der Waals surface area contributed by atoms with Crippen molar-refractivity contribution in [1.82, 2.24) is 4.90 Å². The number of methoxy groups -OCH3 is 1. The minimum absolute atomic E-state index is 0.347. The van der Waals surface area contributed by atoms with Crippen LogP contribution in [-0.2, 0) is 19.4 Å². The first kappa shape index (κ1) is 18.8.